The molecule has 0 aromatic rings. The fourth-order valence-electron chi connectivity index (χ4n) is 0.184. The molecule has 0 atom stereocenters. The first-order chi connectivity index (χ1) is 3.06. The van der Waals surface area contributed by atoms with Crippen molar-refractivity contribution in [3.05, 3.63) is 0 Å². The van der Waals surface area contributed by atoms with E-state index in [0.717, 1.165) is 0 Å². The lowest BCUT2D eigenvalue weighted by Gasteiger charge is -2.03. The molecule has 0 bridgehead atoms. The smallest absolute Gasteiger partial charge is 0.288 e. The highest BCUT2D eigenvalue weighted by Gasteiger charge is 2.07. The van der Waals surface area contributed by atoms with Gasteiger partial charge in [-0.2, -0.15) is 0 Å². The zero-order valence-electron chi connectivity index (χ0n) is 3.97. The fraction of sp³-hybridized carbons (Fsp3) is 0.500. The number of nitrogens with two attached hydrogens (primary N) is 1. The highest BCUT2D eigenvalue weighted by Crippen LogP contribution is 1.79. The normalized spacial score (nSPS) is 9.71. The highest BCUT2D eigenvalue weighted by atomic mass is 16.5. The first kappa shape index (κ1) is 6.44. The van der Waals surface area contributed by atoms with Crippen LogP contribution in [0.5, 0.6) is 0 Å². The summed E-state index contributed by atoms with van der Waals surface area (Å²) < 4.78 is 0. The molecule has 4 N–H and O–H groups in total. The zero-order chi connectivity index (χ0) is 5.91. The van der Waals surface area contributed by atoms with Gasteiger partial charge in [0, 0.05) is 0 Å². The Balaban J connectivity index is 3.72. The Labute approximate surface area is 41.8 Å². The first-order valence-electron chi connectivity index (χ1n) is 1.74. The van der Waals surface area contributed by atoms with Gasteiger partial charge in [-0.15, -0.1) is 0 Å². The van der Waals surface area contributed by atoms with Crippen LogP contribution in [0.25, 0.3) is 0 Å². The standard InChI is InChI=1S/C4H7NO2/c1-2-3-4(5,6)7/h6-7H,5H2,1H3. The Morgan fingerprint density at radius 1 is 1.57 bits per heavy atom. The van der Waals surface area contributed by atoms with Crippen LogP contribution in [0.2, 0.25) is 0 Å². The van der Waals surface area contributed by atoms with Crippen LogP contribution in [-0.2, 0) is 0 Å². The molecule has 0 aliphatic carbocycles. The van der Waals surface area contributed by atoms with Crippen molar-refractivity contribution in [2.24, 2.45) is 5.73 Å². The minimum atomic E-state index is -2.31. The van der Waals surface area contributed by atoms with Gasteiger partial charge in [-0.3, -0.25) is 5.73 Å². The van der Waals surface area contributed by atoms with Crippen LogP contribution in [-0.4, -0.2) is 16.1 Å². The van der Waals surface area contributed by atoms with E-state index < -0.39 is 5.91 Å². The third-order valence-corrected chi connectivity index (χ3v) is 0.309. The third-order valence-electron chi connectivity index (χ3n) is 0.309. The maximum atomic E-state index is 8.18. The highest BCUT2D eigenvalue weighted by molar-refractivity contribution is 5.03. The topological polar surface area (TPSA) is 66.5 Å². The van der Waals surface area contributed by atoms with E-state index in [4.69, 9.17) is 10.2 Å². The molecule has 0 aliphatic heterocycles. The van der Waals surface area contributed by atoms with Crippen molar-refractivity contribution >= 4 is 0 Å². The molecule has 0 aromatic heterocycles. The molecule has 0 spiro atoms. The molecular formula is C4H7NO2. The summed E-state index contributed by atoms with van der Waals surface area (Å²) in [5, 5.41) is 16.4. The third kappa shape index (κ3) is 5.44. The Morgan fingerprint density at radius 2 is 2.00 bits per heavy atom. The summed E-state index contributed by atoms with van der Waals surface area (Å²) in [6.45, 7) is 1.47. The maximum Gasteiger partial charge on any atom is 0.288 e. The maximum absolute atomic E-state index is 8.18. The monoisotopic (exact) mass is 101 g/mol. The minimum Gasteiger partial charge on any atom is -0.343 e. The Morgan fingerprint density at radius 3 is 2.00 bits per heavy atom. The summed E-state index contributed by atoms with van der Waals surface area (Å²) in [5.41, 5.74) is 4.58. The predicted molar refractivity (Wildman–Crippen MR) is 24.8 cm³/mol. The molecule has 0 rings (SSSR count). The van der Waals surface area contributed by atoms with Crippen molar-refractivity contribution in [3.63, 3.8) is 0 Å². The minimum absolute atomic E-state index is 1.47. The lowest BCUT2D eigenvalue weighted by atomic mass is 10.5. The fourth-order valence-corrected chi connectivity index (χ4v) is 0.184. The molecule has 0 aliphatic rings. The molecule has 7 heavy (non-hydrogen) atoms. The molecule has 0 saturated heterocycles. The van der Waals surface area contributed by atoms with Crippen LogP contribution in [0.4, 0.5) is 0 Å². The van der Waals surface area contributed by atoms with Crippen molar-refractivity contribution in [2.75, 3.05) is 0 Å². The summed E-state index contributed by atoms with van der Waals surface area (Å²) in [6, 6.07) is 0. The van der Waals surface area contributed by atoms with Crippen LogP contribution < -0.4 is 5.73 Å². The van der Waals surface area contributed by atoms with Gasteiger partial charge in [-0.25, -0.2) is 0 Å². The Kier molecular flexibility index (Phi) is 1.78. The average molecular weight is 101 g/mol. The number of hydrogen-bond donors (Lipinski definition) is 3. The molecule has 0 saturated carbocycles. The van der Waals surface area contributed by atoms with E-state index in [1.165, 1.54) is 6.92 Å². The van der Waals surface area contributed by atoms with E-state index in [1.807, 2.05) is 5.92 Å². The molecule has 3 nitrogen and oxygen atoms in total. The van der Waals surface area contributed by atoms with E-state index >= 15 is 0 Å². The van der Waals surface area contributed by atoms with Gasteiger partial charge in [0.1, 0.15) is 0 Å². The van der Waals surface area contributed by atoms with E-state index in [2.05, 4.69) is 11.7 Å². The Hall–Kier alpha value is -0.560. The molecule has 0 heterocycles. The molecule has 3 heteroatoms. The van der Waals surface area contributed by atoms with E-state index in [-0.39, 0.29) is 0 Å². The number of hydrogen-bond acceptors (Lipinski definition) is 3. The van der Waals surface area contributed by atoms with Crippen molar-refractivity contribution in [1.82, 2.24) is 0 Å². The van der Waals surface area contributed by atoms with Gasteiger partial charge < -0.3 is 10.2 Å². The first-order valence-corrected chi connectivity index (χ1v) is 1.74. The SMILES string of the molecule is CC#CC(N)(O)O. The molecule has 0 radical (unpaired) electrons. The summed E-state index contributed by atoms with van der Waals surface area (Å²) in [5.74, 6) is 1.85. The predicted octanol–water partition coefficient (Wildman–Crippen LogP) is -1.39. The van der Waals surface area contributed by atoms with Crippen LogP contribution in [0.3, 0.4) is 0 Å². The molecule has 40 valence electrons. The van der Waals surface area contributed by atoms with Crippen molar-refractivity contribution < 1.29 is 10.2 Å². The van der Waals surface area contributed by atoms with Gasteiger partial charge in [0.05, 0.1) is 0 Å². The summed E-state index contributed by atoms with van der Waals surface area (Å²) in [7, 11) is 0. The van der Waals surface area contributed by atoms with Gasteiger partial charge in [-0.05, 0) is 12.8 Å². The molecule has 0 unspecified atom stereocenters. The largest absolute Gasteiger partial charge is 0.343 e. The van der Waals surface area contributed by atoms with Crippen LogP contribution >= 0.6 is 0 Å². The second-order valence-electron chi connectivity index (χ2n) is 1.10. The number of rotatable bonds is 0. The van der Waals surface area contributed by atoms with Gasteiger partial charge in [0.2, 0.25) is 0 Å². The molecular weight excluding hydrogens is 94.0 g/mol. The lowest BCUT2D eigenvalue weighted by Crippen LogP contribution is -2.36. The van der Waals surface area contributed by atoms with Crippen LogP contribution in [0, 0.1) is 11.8 Å². The van der Waals surface area contributed by atoms with E-state index in [0.29, 0.717) is 0 Å². The van der Waals surface area contributed by atoms with Crippen LogP contribution in [0.15, 0.2) is 0 Å². The van der Waals surface area contributed by atoms with E-state index in [1.54, 1.807) is 0 Å². The molecule has 0 aromatic carbocycles. The second kappa shape index (κ2) is 1.94. The van der Waals surface area contributed by atoms with Crippen molar-refractivity contribution in [3.8, 4) is 11.8 Å². The quantitative estimate of drug-likeness (QED) is 0.260. The second-order valence-corrected chi connectivity index (χ2v) is 1.10. The van der Waals surface area contributed by atoms with Crippen LogP contribution in [0.1, 0.15) is 6.92 Å². The lowest BCUT2D eigenvalue weighted by molar-refractivity contribution is -0.102. The van der Waals surface area contributed by atoms with Crippen molar-refractivity contribution in [2.45, 2.75) is 12.8 Å². The zero-order valence-corrected chi connectivity index (χ0v) is 3.97. The van der Waals surface area contributed by atoms with Gasteiger partial charge in [0.25, 0.3) is 5.91 Å². The molecule has 0 amide bonds. The van der Waals surface area contributed by atoms with Gasteiger partial charge in [-0.1, -0.05) is 5.92 Å². The average Bonchev–Trinajstić information content (AvgIpc) is 1.30. The molecule has 0 fully saturated rings. The van der Waals surface area contributed by atoms with E-state index in [9.17, 15) is 0 Å². The summed E-state index contributed by atoms with van der Waals surface area (Å²) >= 11 is 0. The van der Waals surface area contributed by atoms with Crippen molar-refractivity contribution in [1.29, 1.82) is 0 Å². The van der Waals surface area contributed by atoms with Gasteiger partial charge >= 0.3 is 0 Å². The van der Waals surface area contributed by atoms with Gasteiger partial charge in [0.15, 0.2) is 0 Å². The number of aliphatic hydroxyl groups is 2. The summed E-state index contributed by atoms with van der Waals surface area (Å²) in [6.07, 6.45) is 0. The summed E-state index contributed by atoms with van der Waals surface area (Å²) in [4.78, 5) is 0. The Bertz CT molecular complexity index is 103.